The van der Waals surface area contributed by atoms with Crippen molar-refractivity contribution in [2.24, 2.45) is 0 Å². The third-order valence-corrected chi connectivity index (χ3v) is 0. The van der Waals surface area contributed by atoms with E-state index in [9.17, 15) is 0 Å². The standard InChI is InChI=1S/Lu.3N3/c;3*1-3-2/q+3;3*-1. The van der Waals surface area contributed by atoms with E-state index in [0.29, 0.717) is 0 Å². The number of rotatable bonds is 0. The zero-order valence-corrected chi connectivity index (χ0v) is 5.94. The summed E-state index contributed by atoms with van der Waals surface area (Å²) in [5, 5.41) is 0. The molecule has 0 aromatic rings. The van der Waals surface area contributed by atoms with Gasteiger partial charge in [-0.1, -0.05) is 0 Å². The zero-order chi connectivity index (χ0) is 8.12. The molecule has 0 spiro atoms. The van der Waals surface area contributed by atoms with E-state index >= 15 is 0 Å². The summed E-state index contributed by atoms with van der Waals surface area (Å²) in [5.41, 5.74) is 40.5. The molecular formula is LuN9. The van der Waals surface area contributed by atoms with Crippen molar-refractivity contribution >= 4 is 0 Å². The van der Waals surface area contributed by atoms with Gasteiger partial charge in [0.1, 0.15) is 0 Å². The Hall–Kier alpha value is -0.836. The molecule has 60 valence electrons. The quantitative estimate of drug-likeness (QED) is 0.363. The molecule has 0 saturated heterocycles. The molecule has 0 bridgehead atoms. The molecule has 0 radical (unpaired) electrons. The van der Waals surface area contributed by atoms with Gasteiger partial charge in [-0.3, -0.25) is 14.7 Å². The van der Waals surface area contributed by atoms with Crippen molar-refractivity contribution in [2.45, 2.75) is 0 Å². The molecule has 9 nitrogen and oxygen atoms in total. The van der Waals surface area contributed by atoms with Crippen molar-refractivity contribution in [1.29, 1.82) is 0 Å². The zero-order valence-electron chi connectivity index (χ0n) is 4.28. The van der Waals surface area contributed by atoms with E-state index < -0.39 is 0 Å². The van der Waals surface area contributed by atoms with Crippen LogP contribution < -0.4 is 0 Å². The molecule has 0 atom stereocenters. The first kappa shape index (κ1) is 22.9. The van der Waals surface area contributed by atoms with Crippen LogP contribution in [0.3, 0.4) is 0 Å². The maximum Gasteiger partial charge on any atom is 3.00 e. The Morgan fingerprint density at radius 1 is 0.500 bits per heavy atom. The first-order chi connectivity index (χ1) is 4.24. The van der Waals surface area contributed by atoms with Gasteiger partial charge < -0.3 is 33.2 Å². The SMILES string of the molecule is [Lu+3].[N-]=[N+]=[N-].[N-]=[N+]=[N-].[N-]=[N+]=[N-]. The van der Waals surface area contributed by atoms with Gasteiger partial charge >= 0.3 is 36.9 Å². The van der Waals surface area contributed by atoms with E-state index in [4.69, 9.17) is 33.2 Å². The Morgan fingerprint density at radius 2 is 0.500 bits per heavy atom. The summed E-state index contributed by atoms with van der Waals surface area (Å²) in [7, 11) is 0. The summed E-state index contributed by atoms with van der Waals surface area (Å²) in [5.74, 6) is 0. The van der Waals surface area contributed by atoms with Crippen LogP contribution in [0.4, 0.5) is 0 Å². The van der Waals surface area contributed by atoms with Crippen LogP contribution in [0, 0.1) is 36.9 Å². The van der Waals surface area contributed by atoms with Crippen molar-refractivity contribution in [3.05, 3.63) is 47.9 Å². The van der Waals surface area contributed by atoms with E-state index in [2.05, 4.69) is 0 Å². The van der Waals surface area contributed by atoms with Crippen LogP contribution in [0.1, 0.15) is 0 Å². The van der Waals surface area contributed by atoms with E-state index in [0.717, 1.165) is 0 Å². The van der Waals surface area contributed by atoms with Crippen molar-refractivity contribution < 1.29 is 36.9 Å². The molecule has 0 amide bonds. The largest absolute Gasteiger partial charge is 3.00 e. The number of hydrogen-bond donors (Lipinski definition) is 0. The second-order valence-electron chi connectivity index (χ2n) is 0.268. The fourth-order valence-electron chi connectivity index (χ4n) is 0. The average Bonchev–Trinajstić information content (AvgIpc) is 1.70. The molecule has 0 aromatic carbocycles. The van der Waals surface area contributed by atoms with Crippen LogP contribution in [-0.2, 0) is 0 Å². The Balaban J connectivity index is -0.0000000257. The summed E-state index contributed by atoms with van der Waals surface area (Å²) in [6.07, 6.45) is 0. The fraction of sp³-hybridized carbons (Fsp3) is 0. The number of nitrogens with zero attached hydrogens (tertiary/aromatic N) is 9. The van der Waals surface area contributed by atoms with Gasteiger partial charge in [0, 0.05) is 0 Å². The predicted octanol–water partition coefficient (Wildman–Crippen LogP) is 2.60. The minimum atomic E-state index is 0. The van der Waals surface area contributed by atoms with E-state index in [1.165, 1.54) is 14.7 Å². The Labute approximate surface area is 84.5 Å². The third kappa shape index (κ3) is 389. The maximum atomic E-state index is 6.75. The Bertz CT molecular complexity index is 96.3. The molecule has 0 rings (SSSR count). The molecule has 0 aromatic heterocycles. The van der Waals surface area contributed by atoms with E-state index in [-0.39, 0.29) is 36.9 Å². The van der Waals surface area contributed by atoms with Gasteiger partial charge in [0.05, 0.1) is 0 Å². The second kappa shape index (κ2) is 89.5. The van der Waals surface area contributed by atoms with Gasteiger partial charge in [-0.25, -0.2) is 0 Å². The monoisotopic (exact) mass is 301 g/mol. The van der Waals surface area contributed by atoms with Crippen LogP contribution in [0.15, 0.2) is 0 Å². The molecule has 0 aliphatic rings. The summed E-state index contributed by atoms with van der Waals surface area (Å²) in [4.78, 5) is 4.50. The van der Waals surface area contributed by atoms with Crippen molar-refractivity contribution in [2.75, 3.05) is 0 Å². The van der Waals surface area contributed by atoms with E-state index in [1.807, 2.05) is 0 Å². The van der Waals surface area contributed by atoms with Gasteiger partial charge in [0.25, 0.3) is 0 Å². The van der Waals surface area contributed by atoms with Crippen LogP contribution in [0.5, 0.6) is 0 Å². The van der Waals surface area contributed by atoms with Crippen LogP contribution >= 0.6 is 0 Å². The van der Waals surface area contributed by atoms with Crippen molar-refractivity contribution in [3.63, 3.8) is 0 Å². The summed E-state index contributed by atoms with van der Waals surface area (Å²) in [6.45, 7) is 0. The summed E-state index contributed by atoms with van der Waals surface area (Å²) in [6, 6.07) is 0. The van der Waals surface area contributed by atoms with Crippen molar-refractivity contribution in [3.8, 4) is 0 Å². The molecule has 0 aliphatic carbocycles. The molecule has 0 fully saturated rings. The fourth-order valence-corrected chi connectivity index (χ4v) is 0. The Kier molecular flexibility index (Phi) is 205. The van der Waals surface area contributed by atoms with Gasteiger partial charge in [-0.2, -0.15) is 0 Å². The van der Waals surface area contributed by atoms with Crippen LogP contribution in [-0.4, -0.2) is 0 Å². The average molecular weight is 301 g/mol. The van der Waals surface area contributed by atoms with Crippen LogP contribution in [0.2, 0.25) is 0 Å². The van der Waals surface area contributed by atoms with Crippen LogP contribution in [0.25, 0.3) is 47.9 Å². The first-order valence-corrected chi connectivity index (χ1v) is 1.20. The minimum absolute atomic E-state index is 0. The summed E-state index contributed by atoms with van der Waals surface area (Å²) < 4.78 is 0. The molecular weight excluding hydrogens is 301 g/mol. The number of hydrogen-bond acceptors (Lipinski definition) is 0. The topological polar surface area (TPSA) is 176 Å². The normalized spacial score (nSPS) is 2.40. The molecule has 10 heteroatoms. The van der Waals surface area contributed by atoms with Gasteiger partial charge in [-0.05, 0) is 0 Å². The predicted molar refractivity (Wildman–Crippen MR) is 30.2 cm³/mol. The molecule has 10 heavy (non-hydrogen) atoms. The third-order valence-electron chi connectivity index (χ3n) is 0. The summed E-state index contributed by atoms with van der Waals surface area (Å²) >= 11 is 0. The van der Waals surface area contributed by atoms with Gasteiger partial charge in [0.2, 0.25) is 0 Å². The molecule has 0 saturated carbocycles. The molecule has 0 N–H and O–H groups in total. The Morgan fingerprint density at radius 3 is 0.500 bits per heavy atom. The maximum absolute atomic E-state index is 6.75. The smallest absolute Gasteiger partial charge is 0.373 e. The first-order valence-electron chi connectivity index (χ1n) is 1.20. The minimum Gasteiger partial charge on any atom is -0.373 e. The van der Waals surface area contributed by atoms with Gasteiger partial charge in [-0.15, -0.1) is 0 Å². The van der Waals surface area contributed by atoms with Crippen molar-refractivity contribution in [1.82, 2.24) is 0 Å². The van der Waals surface area contributed by atoms with E-state index in [1.54, 1.807) is 0 Å². The molecule has 0 heterocycles. The molecule has 0 aliphatic heterocycles. The molecule has 0 unspecified atom stereocenters. The second-order valence-corrected chi connectivity index (χ2v) is 0.268. The van der Waals surface area contributed by atoms with Gasteiger partial charge in [0.15, 0.2) is 0 Å².